The third-order valence-corrected chi connectivity index (χ3v) is 5.34. The highest BCUT2D eigenvalue weighted by Crippen LogP contribution is 2.26. The molecule has 1 amide bonds. The van der Waals surface area contributed by atoms with Crippen molar-refractivity contribution in [3.63, 3.8) is 0 Å². The van der Waals surface area contributed by atoms with Gasteiger partial charge in [0.1, 0.15) is 11.5 Å². The first-order chi connectivity index (χ1) is 11.5. The Morgan fingerprint density at radius 2 is 2.00 bits per heavy atom. The highest BCUT2D eigenvalue weighted by Gasteiger charge is 2.14. The van der Waals surface area contributed by atoms with Crippen molar-refractivity contribution in [2.24, 2.45) is 12.0 Å². The van der Waals surface area contributed by atoms with Crippen LogP contribution in [0.2, 0.25) is 0 Å². The zero-order valence-electron chi connectivity index (χ0n) is 13.4. The SMILES string of the molecule is COc1ccc(OC)c(C(=O)N=c2sc3cccc(Br)c3n2C)c1. The molecule has 0 atom stereocenters. The van der Waals surface area contributed by atoms with Crippen LogP contribution >= 0.6 is 27.3 Å². The summed E-state index contributed by atoms with van der Waals surface area (Å²) in [5, 5.41) is 0. The Bertz CT molecular complexity index is 991. The Hall–Kier alpha value is -2.12. The Morgan fingerprint density at radius 3 is 2.67 bits per heavy atom. The van der Waals surface area contributed by atoms with Crippen LogP contribution in [0.4, 0.5) is 0 Å². The predicted molar refractivity (Wildman–Crippen MR) is 97.9 cm³/mol. The van der Waals surface area contributed by atoms with E-state index in [0.29, 0.717) is 21.9 Å². The van der Waals surface area contributed by atoms with Crippen LogP contribution < -0.4 is 14.3 Å². The summed E-state index contributed by atoms with van der Waals surface area (Å²) in [5.74, 6) is 0.677. The summed E-state index contributed by atoms with van der Waals surface area (Å²) in [7, 11) is 4.96. The monoisotopic (exact) mass is 406 g/mol. The Balaban J connectivity index is 2.14. The van der Waals surface area contributed by atoms with Gasteiger partial charge in [-0.3, -0.25) is 4.79 Å². The number of carbonyl (C=O) groups excluding carboxylic acids is 1. The average Bonchev–Trinajstić information content (AvgIpc) is 2.91. The number of ether oxygens (including phenoxy) is 2. The second-order valence-electron chi connectivity index (χ2n) is 5.01. The van der Waals surface area contributed by atoms with Crippen molar-refractivity contribution in [2.45, 2.75) is 0 Å². The van der Waals surface area contributed by atoms with Gasteiger partial charge in [-0.15, -0.1) is 0 Å². The van der Waals surface area contributed by atoms with E-state index in [-0.39, 0.29) is 5.91 Å². The van der Waals surface area contributed by atoms with Crippen molar-refractivity contribution >= 4 is 43.4 Å². The average molecular weight is 407 g/mol. The summed E-state index contributed by atoms with van der Waals surface area (Å²) in [4.78, 5) is 17.6. The summed E-state index contributed by atoms with van der Waals surface area (Å²) >= 11 is 4.99. The molecule has 0 fully saturated rings. The lowest BCUT2D eigenvalue weighted by Crippen LogP contribution is -2.14. The van der Waals surface area contributed by atoms with Gasteiger partial charge in [-0.05, 0) is 46.3 Å². The largest absolute Gasteiger partial charge is 0.497 e. The molecule has 0 bridgehead atoms. The van der Waals surface area contributed by atoms with Crippen molar-refractivity contribution in [1.82, 2.24) is 4.57 Å². The Morgan fingerprint density at radius 1 is 1.21 bits per heavy atom. The van der Waals surface area contributed by atoms with Gasteiger partial charge in [0.25, 0.3) is 5.91 Å². The first kappa shape index (κ1) is 16.7. The van der Waals surface area contributed by atoms with Gasteiger partial charge >= 0.3 is 0 Å². The molecule has 3 rings (SSSR count). The number of aryl methyl sites for hydroxylation is 1. The molecule has 0 unspecified atom stereocenters. The normalized spacial score (nSPS) is 11.8. The molecule has 0 spiro atoms. The molecule has 0 aliphatic heterocycles. The number of halogens is 1. The minimum Gasteiger partial charge on any atom is -0.497 e. The lowest BCUT2D eigenvalue weighted by atomic mass is 10.2. The molecule has 0 aliphatic rings. The van der Waals surface area contributed by atoms with Crippen molar-refractivity contribution in [1.29, 1.82) is 0 Å². The van der Waals surface area contributed by atoms with E-state index in [9.17, 15) is 4.79 Å². The van der Waals surface area contributed by atoms with Gasteiger partial charge < -0.3 is 14.0 Å². The molecule has 0 radical (unpaired) electrons. The minimum atomic E-state index is -0.371. The Labute approximate surface area is 151 Å². The fourth-order valence-corrected chi connectivity index (χ4v) is 4.20. The van der Waals surface area contributed by atoms with E-state index in [0.717, 1.165) is 14.7 Å². The molecule has 0 saturated carbocycles. The van der Waals surface area contributed by atoms with Crippen LogP contribution in [0.25, 0.3) is 10.2 Å². The number of thiazole rings is 1. The number of hydrogen-bond donors (Lipinski definition) is 0. The van der Waals surface area contributed by atoms with E-state index in [1.807, 2.05) is 29.8 Å². The zero-order valence-corrected chi connectivity index (χ0v) is 15.8. The zero-order chi connectivity index (χ0) is 17.3. The van der Waals surface area contributed by atoms with Crippen molar-refractivity contribution in [2.75, 3.05) is 14.2 Å². The Kier molecular flexibility index (Phi) is 4.73. The summed E-state index contributed by atoms with van der Waals surface area (Å²) in [5.41, 5.74) is 1.38. The maximum atomic E-state index is 12.7. The molecule has 1 aromatic heterocycles. The second-order valence-corrected chi connectivity index (χ2v) is 6.88. The smallest absolute Gasteiger partial charge is 0.283 e. The molecule has 3 aromatic rings. The number of hydrogen-bond acceptors (Lipinski definition) is 4. The van der Waals surface area contributed by atoms with Crippen LogP contribution in [0.3, 0.4) is 0 Å². The van der Waals surface area contributed by atoms with Gasteiger partial charge in [-0.25, -0.2) is 0 Å². The standard InChI is InChI=1S/C17H15BrN2O3S/c1-20-15-12(18)5-4-6-14(15)24-17(20)19-16(21)11-9-10(22-2)7-8-13(11)23-3/h4-9H,1-3H3. The molecular formula is C17H15BrN2O3S. The van der Waals surface area contributed by atoms with E-state index >= 15 is 0 Å². The summed E-state index contributed by atoms with van der Waals surface area (Å²) in [6.07, 6.45) is 0. The molecule has 0 saturated heterocycles. The number of para-hydroxylation sites is 1. The third-order valence-electron chi connectivity index (χ3n) is 3.61. The molecule has 124 valence electrons. The van der Waals surface area contributed by atoms with E-state index in [4.69, 9.17) is 9.47 Å². The van der Waals surface area contributed by atoms with Gasteiger partial charge in [0, 0.05) is 11.5 Å². The highest BCUT2D eigenvalue weighted by molar-refractivity contribution is 9.10. The number of benzene rings is 2. The van der Waals surface area contributed by atoms with Crippen LogP contribution in [-0.2, 0) is 7.05 Å². The third kappa shape index (κ3) is 2.97. The first-order valence-corrected chi connectivity index (χ1v) is 8.71. The molecule has 2 aromatic carbocycles. The van der Waals surface area contributed by atoms with Gasteiger partial charge in [0.15, 0.2) is 4.80 Å². The maximum absolute atomic E-state index is 12.7. The van der Waals surface area contributed by atoms with Crippen LogP contribution in [0.15, 0.2) is 45.9 Å². The number of carbonyl (C=O) groups is 1. The number of amides is 1. The lowest BCUT2D eigenvalue weighted by molar-refractivity contribution is 0.0994. The van der Waals surface area contributed by atoms with E-state index in [1.54, 1.807) is 25.3 Å². The van der Waals surface area contributed by atoms with E-state index in [1.165, 1.54) is 18.4 Å². The van der Waals surface area contributed by atoms with Gasteiger partial charge in [-0.1, -0.05) is 17.4 Å². The van der Waals surface area contributed by atoms with E-state index in [2.05, 4.69) is 20.9 Å². The fourth-order valence-electron chi connectivity index (χ4n) is 2.39. The van der Waals surface area contributed by atoms with Gasteiger partial charge in [-0.2, -0.15) is 4.99 Å². The molecule has 0 N–H and O–H groups in total. The summed E-state index contributed by atoms with van der Waals surface area (Å²) in [6, 6.07) is 11.0. The molecular weight excluding hydrogens is 392 g/mol. The quantitative estimate of drug-likeness (QED) is 0.665. The molecule has 7 heteroatoms. The number of aromatic nitrogens is 1. The second kappa shape index (κ2) is 6.78. The lowest BCUT2D eigenvalue weighted by Gasteiger charge is -2.07. The molecule has 1 heterocycles. The molecule has 5 nitrogen and oxygen atoms in total. The van der Waals surface area contributed by atoms with Crippen LogP contribution in [0.1, 0.15) is 10.4 Å². The van der Waals surface area contributed by atoms with Gasteiger partial charge in [0.05, 0.1) is 30.0 Å². The number of nitrogens with zero attached hydrogens (tertiary/aromatic N) is 2. The van der Waals surface area contributed by atoms with Crippen molar-refractivity contribution in [3.05, 3.63) is 51.2 Å². The summed E-state index contributed by atoms with van der Waals surface area (Å²) < 4.78 is 14.4. The number of rotatable bonds is 3. The van der Waals surface area contributed by atoms with Gasteiger partial charge in [0.2, 0.25) is 0 Å². The topological polar surface area (TPSA) is 52.8 Å². The van der Waals surface area contributed by atoms with Crippen molar-refractivity contribution < 1.29 is 14.3 Å². The maximum Gasteiger partial charge on any atom is 0.283 e. The highest BCUT2D eigenvalue weighted by atomic mass is 79.9. The van der Waals surface area contributed by atoms with E-state index < -0.39 is 0 Å². The van der Waals surface area contributed by atoms with Crippen LogP contribution in [-0.4, -0.2) is 24.7 Å². The molecule has 0 aliphatic carbocycles. The fraction of sp³-hybridized carbons (Fsp3) is 0.176. The molecule has 24 heavy (non-hydrogen) atoms. The number of fused-ring (bicyclic) bond motifs is 1. The summed E-state index contributed by atoms with van der Waals surface area (Å²) in [6.45, 7) is 0. The first-order valence-electron chi connectivity index (χ1n) is 7.10. The predicted octanol–water partition coefficient (Wildman–Crippen LogP) is 3.76. The minimum absolute atomic E-state index is 0.369. The van der Waals surface area contributed by atoms with Crippen molar-refractivity contribution in [3.8, 4) is 11.5 Å². The van der Waals surface area contributed by atoms with Crippen LogP contribution in [0.5, 0.6) is 11.5 Å². The van der Waals surface area contributed by atoms with Crippen LogP contribution in [0, 0.1) is 0 Å². The number of methoxy groups -OCH3 is 2.